The Bertz CT molecular complexity index is 301. The van der Waals surface area contributed by atoms with E-state index in [1.54, 1.807) is 6.20 Å². The van der Waals surface area contributed by atoms with Crippen molar-refractivity contribution in [2.24, 2.45) is 0 Å². The largest absolute Gasteiger partial charge is 0.310 e. The number of halogens is 1. The smallest absolute Gasteiger partial charge is 0.226 e. The van der Waals surface area contributed by atoms with Crippen molar-refractivity contribution in [2.75, 3.05) is 11.2 Å². The number of aryl methyl sites for hydroxylation is 1. The highest BCUT2D eigenvalue weighted by atomic mass is 35.5. The van der Waals surface area contributed by atoms with E-state index in [9.17, 15) is 4.79 Å². The van der Waals surface area contributed by atoms with Gasteiger partial charge in [0.15, 0.2) is 0 Å². The van der Waals surface area contributed by atoms with Crippen LogP contribution < -0.4 is 5.32 Å². The molecule has 0 aliphatic carbocycles. The van der Waals surface area contributed by atoms with Crippen LogP contribution in [0.2, 0.25) is 0 Å². The summed E-state index contributed by atoms with van der Waals surface area (Å²) < 4.78 is 0. The zero-order chi connectivity index (χ0) is 9.68. The minimum absolute atomic E-state index is 0.100. The lowest BCUT2D eigenvalue weighted by molar-refractivity contribution is -0.115. The van der Waals surface area contributed by atoms with E-state index in [1.165, 1.54) is 0 Å². The lowest BCUT2D eigenvalue weighted by Crippen LogP contribution is -2.13. The fraction of sp³-hybridized carbons (Fsp3) is 0.333. The minimum Gasteiger partial charge on any atom is -0.310 e. The highest BCUT2D eigenvalue weighted by Gasteiger charge is 2.03. The van der Waals surface area contributed by atoms with Crippen molar-refractivity contribution in [3.8, 4) is 0 Å². The normalized spacial score (nSPS) is 9.69. The Hall–Kier alpha value is -1.09. The third kappa shape index (κ3) is 3.03. The van der Waals surface area contributed by atoms with Crippen LogP contribution in [0, 0.1) is 6.92 Å². The van der Waals surface area contributed by atoms with Crippen molar-refractivity contribution in [3.63, 3.8) is 0 Å². The molecular formula is C9H11ClN2O. The number of pyridine rings is 1. The van der Waals surface area contributed by atoms with Crippen LogP contribution in [0.25, 0.3) is 0 Å². The number of nitrogens with zero attached hydrogens (tertiary/aromatic N) is 1. The standard InChI is InChI=1S/C9H11ClN2O/c1-7-3-2-6-11-9(7)12-8(13)4-5-10/h2-3,6H,4-5H2,1H3,(H,11,12,13). The van der Waals surface area contributed by atoms with Gasteiger partial charge < -0.3 is 5.32 Å². The highest BCUT2D eigenvalue weighted by molar-refractivity contribution is 6.19. The summed E-state index contributed by atoms with van der Waals surface area (Å²) in [5.74, 6) is 0.840. The van der Waals surface area contributed by atoms with Crippen LogP contribution in [-0.2, 0) is 4.79 Å². The van der Waals surface area contributed by atoms with Gasteiger partial charge in [-0.15, -0.1) is 11.6 Å². The van der Waals surface area contributed by atoms with Crippen molar-refractivity contribution in [3.05, 3.63) is 23.9 Å². The van der Waals surface area contributed by atoms with E-state index in [0.29, 0.717) is 18.1 Å². The third-order valence-electron chi connectivity index (χ3n) is 1.59. The topological polar surface area (TPSA) is 42.0 Å². The number of carbonyl (C=O) groups excluding carboxylic acids is 1. The van der Waals surface area contributed by atoms with E-state index in [-0.39, 0.29) is 5.91 Å². The molecule has 0 saturated heterocycles. The predicted molar refractivity (Wildman–Crippen MR) is 52.9 cm³/mol. The van der Waals surface area contributed by atoms with Gasteiger partial charge in [0.05, 0.1) is 0 Å². The Morgan fingerprint density at radius 3 is 3.08 bits per heavy atom. The molecule has 1 N–H and O–H groups in total. The number of aromatic nitrogens is 1. The van der Waals surface area contributed by atoms with Crippen molar-refractivity contribution in [1.82, 2.24) is 4.98 Å². The van der Waals surface area contributed by atoms with Gasteiger partial charge in [0.25, 0.3) is 0 Å². The van der Waals surface area contributed by atoms with Gasteiger partial charge in [-0.1, -0.05) is 6.07 Å². The van der Waals surface area contributed by atoms with E-state index < -0.39 is 0 Å². The van der Waals surface area contributed by atoms with E-state index in [4.69, 9.17) is 11.6 Å². The molecule has 0 atom stereocenters. The van der Waals surface area contributed by atoms with Crippen molar-refractivity contribution >= 4 is 23.3 Å². The molecule has 0 spiro atoms. The molecule has 0 unspecified atom stereocenters. The number of hydrogen-bond acceptors (Lipinski definition) is 2. The molecule has 1 aromatic rings. The molecule has 0 fully saturated rings. The van der Waals surface area contributed by atoms with E-state index >= 15 is 0 Å². The molecule has 3 nitrogen and oxygen atoms in total. The van der Waals surface area contributed by atoms with Gasteiger partial charge in [0.1, 0.15) is 5.82 Å². The van der Waals surface area contributed by atoms with Crippen LogP contribution in [0.5, 0.6) is 0 Å². The maximum Gasteiger partial charge on any atom is 0.226 e. The second kappa shape index (κ2) is 4.82. The Balaban J connectivity index is 2.63. The SMILES string of the molecule is Cc1cccnc1NC(=O)CCCl. The first-order valence-corrected chi connectivity index (χ1v) is 4.55. The lowest BCUT2D eigenvalue weighted by atomic mass is 10.3. The molecule has 70 valence electrons. The Kier molecular flexibility index (Phi) is 3.71. The molecule has 4 heteroatoms. The summed E-state index contributed by atoms with van der Waals surface area (Å²) in [7, 11) is 0. The first-order chi connectivity index (χ1) is 6.24. The third-order valence-corrected chi connectivity index (χ3v) is 1.78. The number of hydrogen-bond donors (Lipinski definition) is 1. The van der Waals surface area contributed by atoms with Crippen LogP contribution in [0.1, 0.15) is 12.0 Å². The van der Waals surface area contributed by atoms with Gasteiger partial charge in [0, 0.05) is 18.5 Å². The van der Waals surface area contributed by atoms with Crippen LogP contribution in [0.3, 0.4) is 0 Å². The monoisotopic (exact) mass is 198 g/mol. The van der Waals surface area contributed by atoms with Crippen LogP contribution in [-0.4, -0.2) is 16.8 Å². The summed E-state index contributed by atoms with van der Waals surface area (Å²) in [5.41, 5.74) is 0.949. The summed E-state index contributed by atoms with van der Waals surface area (Å²) in [6, 6.07) is 3.72. The number of anilines is 1. The van der Waals surface area contributed by atoms with Crippen LogP contribution in [0.4, 0.5) is 5.82 Å². The molecule has 1 aromatic heterocycles. The van der Waals surface area contributed by atoms with Gasteiger partial charge in [0.2, 0.25) is 5.91 Å². The Morgan fingerprint density at radius 1 is 1.69 bits per heavy atom. The number of alkyl halides is 1. The summed E-state index contributed by atoms with van der Waals surface area (Å²) in [6.07, 6.45) is 1.96. The molecule has 13 heavy (non-hydrogen) atoms. The second-order valence-electron chi connectivity index (χ2n) is 2.66. The zero-order valence-electron chi connectivity index (χ0n) is 7.38. The fourth-order valence-corrected chi connectivity index (χ4v) is 1.07. The molecule has 0 aliphatic heterocycles. The number of amides is 1. The predicted octanol–water partition coefficient (Wildman–Crippen LogP) is 1.96. The summed E-state index contributed by atoms with van der Waals surface area (Å²) in [6.45, 7) is 1.89. The average molecular weight is 199 g/mol. The highest BCUT2D eigenvalue weighted by Crippen LogP contribution is 2.09. The molecule has 0 radical (unpaired) electrons. The molecule has 1 amide bonds. The van der Waals surface area contributed by atoms with Gasteiger partial charge in [-0.25, -0.2) is 4.98 Å². The Morgan fingerprint density at radius 2 is 2.46 bits per heavy atom. The van der Waals surface area contributed by atoms with Crippen LogP contribution in [0.15, 0.2) is 18.3 Å². The average Bonchev–Trinajstić information content (AvgIpc) is 2.09. The zero-order valence-corrected chi connectivity index (χ0v) is 8.14. The molecule has 0 bridgehead atoms. The van der Waals surface area contributed by atoms with Gasteiger partial charge >= 0.3 is 0 Å². The fourth-order valence-electron chi connectivity index (χ4n) is 0.897. The molecule has 0 aromatic carbocycles. The molecule has 1 heterocycles. The van der Waals surface area contributed by atoms with E-state index in [2.05, 4.69) is 10.3 Å². The number of nitrogens with one attached hydrogen (secondary N) is 1. The Labute approximate surface area is 82.1 Å². The van der Waals surface area contributed by atoms with Crippen molar-refractivity contribution in [1.29, 1.82) is 0 Å². The first kappa shape index (κ1) is 9.99. The van der Waals surface area contributed by atoms with Crippen molar-refractivity contribution < 1.29 is 4.79 Å². The number of rotatable bonds is 3. The second-order valence-corrected chi connectivity index (χ2v) is 3.03. The van der Waals surface area contributed by atoms with E-state index in [1.807, 2.05) is 19.1 Å². The lowest BCUT2D eigenvalue weighted by Gasteiger charge is -2.04. The first-order valence-electron chi connectivity index (χ1n) is 4.01. The molecule has 1 rings (SSSR count). The quantitative estimate of drug-likeness (QED) is 0.755. The molecule has 0 saturated carbocycles. The maximum absolute atomic E-state index is 11.1. The summed E-state index contributed by atoms with van der Waals surface area (Å²) in [4.78, 5) is 15.2. The van der Waals surface area contributed by atoms with Crippen LogP contribution >= 0.6 is 11.6 Å². The van der Waals surface area contributed by atoms with Crippen molar-refractivity contribution in [2.45, 2.75) is 13.3 Å². The van der Waals surface area contributed by atoms with E-state index in [0.717, 1.165) is 5.56 Å². The number of carbonyl (C=O) groups is 1. The summed E-state index contributed by atoms with van der Waals surface area (Å²) in [5, 5.41) is 2.68. The minimum atomic E-state index is -0.100. The maximum atomic E-state index is 11.1. The molecular weight excluding hydrogens is 188 g/mol. The van der Waals surface area contributed by atoms with Gasteiger partial charge in [-0.3, -0.25) is 4.79 Å². The van der Waals surface area contributed by atoms with Gasteiger partial charge in [-0.2, -0.15) is 0 Å². The molecule has 0 aliphatic rings. The van der Waals surface area contributed by atoms with Gasteiger partial charge in [-0.05, 0) is 18.6 Å². The summed E-state index contributed by atoms with van der Waals surface area (Å²) >= 11 is 5.42.